The number of nitrogens with two attached hydrogens (primary N) is 1. The summed E-state index contributed by atoms with van der Waals surface area (Å²) in [6.45, 7) is 3.83. The van der Waals surface area contributed by atoms with Crippen LogP contribution in [0.3, 0.4) is 0 Å². The molecule has 0 radical (unpaired) electrons. The summed E-state index contributed by atoms with van der Waals surface area (Å²) < 4.78 is 15.3. The van der Waals surface area contributed by atoms with E-state index in [-0.39, 0.29) is 24.0 Å². The Balaban J connectivity index is 0.00000261. The Kier molecular flexibility index (Phi) is 6.18. The first-order valence-corrected chi connectivity index (χ1v) is 8.54. The van der Waals surface area contributed by atoms with E-state index >= 15 is 0 Å². The predicted molar refractivity (Wildman–Crippen MR) is 108 cm³/mol. The van der Waals surface area contributed by atoms with Gasteiger partial charge in [-0.3, -0.25) is 0 Å². The zero-order valence-electron chi connectivity index (χ0n) is 15.5. The van der Waals surface area contributed by atoms with Gasteiger partial charge in [-0.2, -0.15) is 0 Å². The van der Waals surface area contributed by atoms with Gasteiger partial charge in [0.05, 0.1) is 5.60 Å². The molecule has 0 aliphatic rings. The second-order valence-corrected chi connectivity index (χ2v) is 6.29. The highest BCUT2D eigenvalue weighted by Gasteiger charge is 2.19. The number of aryl methyl sites for hydroxylation is 1. The van der Waals surface area contributed by atoms with Gasteiger partial charge in [0, 0.05) is 12.6 Å². The summed E-state index contributed by atoms with van der Waals surface area (Å²) in [6.07, 6.45) is 4.54. The molecular weight excluding hydrogens is 369 g/mol. The topological polar surface area (TPSA) is 89.9 Å². The molecule has 0 aliphatic carbocycles. The molecular formula is C19H23ClFN5O. The molecule has 2 aromatic heterocycles. The summed E-state index contributed by atoms with van der Waals surface area (Å²) in [5.74, 6) is 0.851. The van der Waals surface area contributed by atoms with E-state index in [9.17, 15) is 9.50 Å². The Morgan fingerprint density at radius 2 is 1.93 bits per heavy atom. The van der Waals surface area contributed by atoms with Crippen LogP contribution in [0.2, 0.25) is 0 Å². The van der Waals surface area contributed by atoms with Crippen molar-refractivity contribution >= 4 is 35.5 Å². The molecule has 0 spiro atoms. The van der Waals surface area contributed by atoms with E-state index in [0.29, 0.717) is 41.2 Å². The van der Waals surface area contributed by atoms with Crippen molar-refractivity contribution in [3.8, 4) is 11.4 Å². The first-order valence-electron chi connectivity index (χ1n) is 8.54. The molecule has 0 amide bonds. The minimum Gasteiger partial charge on any atom is -0.386 e. The largest absolute Gasteiger partial charge is 0.386 e. The molecule has 0 atom stereocenters. The number of nitrogen functional groups attached to an aromatic ring is 1. The van der Waals surface area contributed by atoms with Gasteiger partial charge in [0.25, 0.3) is 0 Å². The van der Waals surface area contributed by atoms with Crippen molar-refractivity contribution in [1.82, 2.24) is 19.5 Å². The van der Waals surface area contributed by atoms with Crippen LogP contribution in [0.5, 0.6) is 0 Å². The molecule has 8 heteroatoms. The van der Waals surface area contributed by atoms with Crippen molar-refractivity contribution in [2.45, 2.75) is 32.3 Å². The summed E-state index contributed by atoms with van der Waals surface area (Å²) in [5, 5.41) is 10.4. The average Bonchev–Trinajstić information content (AvgIpc) is 2.97. The van der Waals surface area contributed by atoms with Crippen LogP contribution in [0.25, 0.3) is 28.6 Å². The number of halogens is 2. The molecule has 3 N–H and O–H groups in total. The number of imidazole rings is 1. The van der Waals surface area contributed by atoms with Crippen molar-refractivity contribution < 1.29 is 9.50 Å². The van der Waals surface area contributed by atoms with Crippen LogP contribution in [-0.4, -0.2) is 30.2 Å². The first-order chi connectivity index (χ1) is 12.4. The Hall–Kier alpha value is -2.51. The fraction of sp³-hybridized carbons (Fsp3) is 0.316. The summed E-state index contributed by atoms with van der Waals surface area (Å²) in [5.41, 5.74) is 6.80. The molecule has 6 nitrogen and oxygen atoms in total. The van der Waals surface area contributed by atoms with Gasteiger partial charge in [-0.25, -0.2) is 19.3 Å². The van der Waals surface area contributed by atoms with Crippen molar-refractivity contribution in [2.75, 3.05) is 5.73 Å². The SMILES string of the molecule is CCC(O)(/C=C/c1nc(N)c2nc(-c3cccc(F)c3)n(C)c2n1)CC.Cl. The second-order valence-electron chi connectivity index (χ2n) is 6.29. The minimum absolute atomic E-state index is 0. The standard InChI is InChI=1S/C19H22FN5O.ClH/c1-4-19(26,5-2)10-9-14-22-16(21)15-18(23-14)25(3)17(24-15)12-7-6-8-13(20)11-12;/h6-11,26H,4-5H2,1-3H3,(H2,21,22,23);1H/b10-9+;. The lowest BCUT2D eigenvalue weighted by Gasteiger charge is -2.20. The quantitative estimate of drug-likeness (QED) is 0.691. The Bertz CT molecular complexity index is 982. The van der Waals surface area contributed by atoms with E-state index in [1.807, 2.05) is 13.8 Å². The molecule has 144 valence electrons. The lowest BCUT2D eigenvalue weighted by atomic mass is 9.97. The number of rotatable bonds is 5. The lowest BCUT2D eigenvalue weighted by Crippen LogP contribution is -2.22. The summed E-state index contributed by atoms with van der Waals surface area (Å²) in [4.78, 5) is 13.2. The molecule has 0 saturated heterocycles. The van der Waals surface area contributed by atoms with Crippen molar-refractivity contribution in [3.05, 3.63) is 42.0 Å². The number of anilines is 1. The Labute approximate surface area is 163 Å². The van der Waals surface area contributed by atoms with E-state index in [0.717, 1.165) is 0 Å². The molecule has 0 fully saturated rings. The van der Waals surface area contributed by atoms with Gasteiger partial charge in [0.1, 0.15) is 11.6 Å². The number of benzene rings is 1. The summed E-state index contributed by atoms with van der Waals surface area (Å²) in [7, 11) is 1.80. The maximum Gasteiger partial charge on any atom is 0.166 e. The van der Waals surface area contributed by atoms with Gasteiger partial charge in [-0.1, -0.05) is 26.0 Å². The van der Waals surface area contributed by atoms with Crippen molar-refractivity contribution in [3.63, 3.8) is 0 Å². The van der Waals surface area contributed by atoms with Crippen LogP contribution in [0, 0.1) is 5.82 Å². The van der Waals surface area contributed by atoms with Gasteiger partial charge < -0.3 is 15.4 Å². The molecule has 3 aromatic rings. The van der Waals surface area contributed by atoms with E-state index in [1.165, 1.54) is 12.1 Å². The molecule has 0 unspecified atom stereocenters. The number of aromatic nitrogens is 4. The molecule has 0 aliphatic heterocycles. The maximum absolute atomic E-state index is 13.5. The number of nitrogens with zero attached hydrogens (tertiary/aromatic N) is 4. The lowest BCUT2D eigenvalue weighted by molar-refractivity contribution is 0.0836. The molecule has 27 heavy (non-hydrogen) atoms. The van der Waals surface area contributed by atoms with Crippen molar-refractivity contribution in [1.29, 1.82) is 0 Å². The van der Waals surface area contributed by atoms with Crippen LogP contribution >= 0.6 is 12.4 Å². The van der Waals surface area contributed by atoms with Crippen LogP contribution in [-0.2, 0) is 7.05 Å². The monoisotopic (exact) mass is 391 g/mol. The zero-order valence-corrected chi connectivity index (χ0v) is 16.3. The number of fused-ring (bicyclic) bond motifs is 1. The van der Waals surface area contributed by atoms with Gasteiger partial charge in [-0.05, 0) is 37.1 Å². The average molecular weight is 392 g/mol. The normalized spacial score (nSPS) is 11.9. The van der Waals surface area contributed by atoms with E-state index in [4.69, 9.17) is 5.73 Å². The highest BCUT2D eigenvalue weighted by atomic mass is 35.5. The van der Waals surface area contributed by atoms with Crippen LogP contribution < -0.4 is 5.73 Å². The minimum atomic E-state index is -0.897. The number of hydrogen-bond acceptors (Lipinski definition) is 5. The number of hydrogen-bond donors (Lipinski definition) is 2. The fourth-order valence-electron chi connectivity index (χ4n) is 2.78. The Morgan fingerprint density at radius 1 is 1.22 bits per heavy atom. The number of aliphatic hydroxyl groups is 1. The third-order valence-electron chi connectivity index (χ3n) is 4.61. The smallest absolute Gasteiger partial charge is 0.166 e. The first kappa shape index (κ1) is 20.8. The van der Waals surface area contributed by atoms with Crippen LogP contribution in [0.1, 0.15) is 32.5 Å². The van der Waals surface area contributed by atoms with Gasteiger partial charge in [-0.15, -0.1) is 12.4 Å². The molecule has 0 saturated carbocycles. The van der Waals surface area contributed by atoms with Gasteiger partial charge in [0.2, 0.25) is 0 Å². The van der Waals surface area contributed by atoms with Crippen molar-refractivity contribution in [2.24, 2.45) is 7.05 Å². The van der Waals surface area contributed by atoms with E-state index in [1.54, 1.807) is 35.9 Å². The molecule has 1 aromatic carbocycles. The summed E-state index contributed by atoms with van der Waals surface area (Å²) in [6, 6.07) is 6.20. The maximum atomic E-state index is 13.5. The molecule has 0 bridgehead atoms. The summed E-state index contributed by atoms with van der Waals surface area (Å²) >= 11 is 0. The van der Waals surface area contributed by atoms with Crippen LogP contribution in [0.4, 0.5) is 10.2 Å². The van der Waals surface area contributed by atoms with Gasteiger partial charge >= 0.3 is 0 Å². The van der Waals surface area contributed by atoms with E-state index < -0.39 is 5.60 Å². The third-order valence-corrected chi connectivity index (χ3v) is 4.61. The van der Waals surface area contributed by atoms with E-state index in [2.05, 4.69) is 15.0 Å². The van der Waals surface area contributed by atoms with Crippen LogP contribution in [0.15, 0.2) is 30.3 Å². The molecule has 3 rings (SSSR count). The zero-order chi connectivity index (χ0) is 18.9. The highest BCUT2D eigenvalue weighted by Crippen LogP contribution is 2.26. The highest BCUT2D eigenvalue weighted by molar-refractivity contribution is 5.86. The Morgan fingerprint density at radius 3 is 2.56 bits per heavy atom. The fourth-order valence-corrected chi connectivity index (χ4v) is 2.78. The molecule has 2 heterocycles. The predicted octanol–water partition coefficient (Wildman–Crippen LogP) is 3.74. The third kappa shape index (κ3) is 4.09. The second kappa shape index (κ2) is 8.02. The van der Waals surface area contributed by atoms with Gasteiger partial charge in [0.15, 0.2) is 22.8 Å².